The van der Waals surface area contributed by atoms with Crippen LogP contribution >= 0.6 is 0 Å². The quantitative estimate of drug-likeness (QED) is 0.818. The van der Waals surface area contributed by atoms with Crippen LogP contribution < -0.4 is 5.32 Å². The minimum absolute atomic E-state index is 0.671. The highest BCUT2D eigenvalue weighted by molar-refractivity contribution is 5.11. The zero-order chi connectivity index (χ0) is 10.3. The van der Waals surface area contributed by atoms with Gasteiger partial charge in [-0.1, -0.05) is 0 Å². The van der Waals surface area contributed by atoms with Gasteiger partial charge in [0.15, 0.2) is 5.89 Å². The number of rotatable bonds is 4. The number of nitrogens with zero attached hydrogens (tertiary/aromatic N) is 1. The zero-order valence-corrected chi connectivity index (χ0v) is 9.20. The molecule has 3 heteroatoms. The van der Waals surface area contributed by atoms with Crippen molar-refractivity contribution in [2.75, 3.05) is 13.6 Å². The molecule has 1 aromatic heterocycles. The Morgan fingerprint density at radius 1 is 1.40 bits per heavy atom. The van der Waals surface area contributed by atoms with Gasteiger partial charge >= 0.3 is 0 Å². The van der Waals surface area contributed by atoms with E-state index in [4.69, 9.17) is 4.42 Å². The Labute approximate surface area is 90.3 Å². The second kappa shape index (κ2) is 3.63. The average Bonchev–Trinajstić information content (AvgIpc) is 2.71. The molecule has 2 unspecified atom stereocenters. The molecule has 2 aliphatic carbocycles. The van der Waals surface area contributed by atoms with Crippen molar-refractivity contribution in [3.63, 3.8) is 0 Å². The number of oxazole rings is 1. The maximum atomic E-state index is 5.79. The fraction of sp³-hybridized carbons (Fsp3) is 0.750. The predicted molar refractivity (Wildman–Crippen MR) is 57.7 cm³/mol. The van der Waals surface area contributed by atoms with Gasteiger partial charge in [-0.05, 0) is 38.1 Å². The lowest BCUT2D eigenvalue weighted by Gasteiger charge is -2.06. The van der Waals surface area contributed by atoms with Gasteiger partial charge in [0.25, 0.3) is 0 Å². The smallest absolute Gasteiger partial charge is 0.195 e. The van der Waals surface area contributed by atoms with Gasteiger partial charge in [0, 0.05) is 18.9 Å². The summed E-state index contributed by atoms with van der Waals surface area (Å²) in [5, 5.41) is 3.11. The third-order valence-corrected chi connectivity index (χ3v) is 3.81. The fourth-order valence-electron chi connectivity index (χ4n) is 2.81. The van der Waals surface area contributed by atoms with E-state index in [9.17, 15) is 0 Å². The van der Waals surface area contributed by atoms with Crippen LogP contribution in [0.5, 0.6) is 0 Å². The number of hydrogen-bond acceptors (Lipinski definition) is 3. The van der Waals surface area contributed by atoms with Crippen molar-refractivity contribution in [2.24, 2.45) is 11.8 Å². The van der Waals surface area contributed by atoms with E-state index in [2.05, 4.69) is 10.3 Å². The first-order valence-electron chi connectivity index (χ1n) is 5.96. The average molecular weight is 206 g/mol. The molecule has 1 aromatic rings. The molecule has 1 heterocycles. The molecule has 3 rings (SSSR count). The van der Waals surface area contributed by atoms with Crippen LogP contribution in [0, 0.1) is 11.8 Å². The minimum Gasteiger partial charge on any atom is -0.445 e. The third kappa shape index (κ3) is 1.81. The molecule has 0 spiro atoms. The molecule has 2 saturated carbocycles. The lowest BCUT2D eigenvalue weighted by Crippen LogP contribution is -2.10. The van der Waals surface area contributed by atoms with Crippen LogP contribution in [-0.4, -0.2) is 18.6 Å². The van der Waals surface area contributed by atoms with Crippen molar-refractivity contribution in [2.45, 2.75) is 31.6 Å². The Bertz CT molecular complexity index is 337. The largest absolute Gasteiger partial charge is 0.445 e. The van der Waals surface area contributed by atoms with E-state index in [1.54, 1.807) is 0 Å². The molecular weight excluding hydrogens is 188 g/mol. The monoisotopic (exact) mass is 206 g/mol. The molecule has 0 radical (unpaired) electrons. The minimum atomic E-state index is 0.671. The molecule has 82 valence electrons. The Kier molecular flexibility index (Phi) is 2.28. The summed E-state index contributed by atoms with van der Waals surface area (Å²) in [7, 11) is 1.95. The van der Waals surface area contributed by atoms with E-state index in [1.807, 2.05) is 13.2 Å². The van der Waals surface area contributed by atoms with Crippen LogP contribution in [-0.2, 0) is 6.42 Å². The summed E-state index contributed by atoms with van der Waals surface area (Å²) in [6, 6.07) is 0. The van der Waals surface area contributed by atoms with Crippen molar-refractivity contribution in [3.05, 3.63) is 17.8 Å². The molecule has 0 aromatic carbocycles. The normalized spacial score (nSPS) is 33.0. The summed E-state index contributed by atoms with van der Waals surface area (Å²) in [6.45, 7) is 0.940. The van der Waals surface area contributed by atoms with Crippen LogP contribution in [0.4, 0.5) is 0 Å². The summed E-state index contributed by atoms with van der Waals surface area (Å²) >= 11 is 0. The molecule has 2 atom stereocenters. The van der Waals surface area contributed by atoms with Crippen molar-refractivity contribution in [1.29, 1.82) is 0 Å². The van der Waals surface area contributed by atoms with E-state index in [0.717, 1.165) is 36.5 Å². The summed E-state index contributed by atoms with van der Waals surface area (Å²) in [5.74, 6) is 4.72. The number of hydrogen-bond donors (Lipinski definition) is 1. The van der Waals surface area contributed by atoms with Crippen LogP contribution in [0.25, 0.3) is 0 Å². The first-order chi connectivity index (χ1) is 7.36. The summed E-state index contributed by atoms with van der Waals surface area (Å²) < 4.78 is 5.79. The topological polar surface area (TPSA) is 38.1 Å². The van der Waals surface area contributed by atoms with Gasteiger partial charge in [0.05, 0.1) is 6.20 Å². The van der Waals surface area contributed by atoms with Crippen molar-refractivity contribution in [1.82, 2.24) is 10.3 Å². The van der Waals surface area contributed by atoms with Gasteiger partial charge in [-0.25, -0.2) is 4.98 Å². The predicted octanol–water partition coefficient (Wildman–Crippen LogP) is 1.95. The first kappa shape index (κ1) is 9.40. The summed E-state index contributed by atoms with van der Waals surface area (Å²) in [5.41, 5.74) is 0. The molecule has 0 saturated heterocycles. The van der Waals surface area contributed by atoms with Crippen molar-refractivity contribution < 1.29 is 4.42 Å². The van der Waals surface area contributed by atoms with Crippen LogP contribution in [0.1, 0.15) is 36.8 Å². The standard InChI is InChI=1S/C12H18N2O/c1-13-3-2-12-14-7-11(15-12)10-5-8-4-9(8)6-10/h7-10,13H,2-6H2,1H3. The number of fused-ring (bicyclic) bond motifs is 1. The lowest BCUT2D eigenvalue weighted by atomic mass is 10.0. The van der Waals surface area contributed by atoms with Gasteiger partial charge in [0.1, 0.15) is 5.76 Å². The molecular formula is C12H18N2O. The van der Waals surface area contributed by atoms with E-state index in [1.165, 1.54) is 19.3 Å². The molecule has 15 heavy (non-hydrogen) atoms. The zero-order valence-electron chi connectivity index (χ0n) is 9.20. The molecule has 2 aliphatic rings. The van der Waals surface area contributed by atoms with Crippen LogP contribution in [0.15, 0.2) is 10.6 Å². The lowest BCUT2D eigenvalue weighted by molar-refractivity contribution is 0.410. The highest BCUT2D eigenvalue weighted by Gasteiger charge is 2.47. The Hall–Kier alpha value is -0.830. The number of likely N-dealkylation sites (N-methyl/N-ethyl adjacent to an activating group) is 1. The molecule has 3 nitrogen and oxygen atoms in total. The SMILES string of the molecule is CNCCc1ncc(C2CC3CC3C2)o1. The highest BCUT2D eigenvalue weighted by Crippen LogP contribution is 2.57. The maximum Gasteiger partial charge on any atom is 0.195 e. The van der Waals surface area contributed by atoms with Crippen molar-refractivity contribution >= 4 is 0 Å². The summed E-state index contributed by atoms with van der Waals surface area (Å²) in [6.07, 6.45) is 6.99. The van der Waals surface area contributed by atoms with Gasteiger partial charge in [-0.2, -0.15) is 0 Å². The highest BCUT2D eigenvalue weighted by atomic mass is 16.4. The molecule has 1 N–H and O–H groups in total. The van der Waals surface area contributed by atoms with E-state index >= 15 is 0 Å². The summed E-state index contributed by atoms with van der Waals surface area (Å²) in [4.78, 5) is 4.33. The third-order valence-electron chi connectivity index (χ3n) is 3.81. The van der Waals surface area contributed by atoms with Gasteiger partial charge < -0.3 is 9.73 Å². The molecule has 0 aliphatic heterocycles. The van der Waals surface area contributed by atoms with Gasteiger partial charge in [-0.15, -0.1) is 0 Å². The molecule has 0 bridgehead atoms. The molecule has 2 fully saturated rings. The van der Waals surface area contributed by atoms with Crippen molar-refractivity contribution in [3.8, 4) is 0 Å². The Morgan fingerprint density at radius 3 is 2.93 bits per heavy atom. The maximum absolute atomic E-state index is 5.79. The molecule has 0 amide bonds. The second-order valence-electron chi connectivity index (χ2n) is 4.93. The van der Waals surface area contributed by atoms with Crippen LogP contribution in [0.2, 0.25) is 0 Å². The van der Waals surface area contributed by atoms with E-state index in [0.29, 0.717) is 5.92 Å². The Balaban J connectivity index is 1.63. The number of aromatic nitrogens is 1. The number of nitrogens with one attached hydrogen (secondary N) is 1. The van der Waals surface area contributed by atoms with Crippen LogP contribution in [0.3, 0.4) is 0 Å². The second-order valence-corrected chi connectivity index (χ2v) is 4.93. The first-order valence-corrected chi connectivity index (χ1v) is 5.96. The van der Waals surface area contributed by atoms with Gasteiger partial charge in [-0.3, -0.25) is 0 Å². The van der Waals surface area contributed by atoms with E-state index in [-0.39, 0.29) is 0 Å². The fourth-order valence-corrected chi connectivity index (χ4v) is 2.81. The Morgan fingerprint density at radius 2 is 2.20 bits per heavy atom. The van der Waals surface area contributed by atoms with Gasteiger partial charge in [0.2, 0.25) is 0 Å². The van der Waals surface area contributed by atoms with E-state index < -0.39 is 0 Å².